The van der Waals surface area contributed by atoms with Crippen molar-refractivity contribution in [2.75, 3.05) is 0 Å². The minimum absolute atomic E-state index is 0.192. The Morgan fingerprint density at radius 3 is 1.83 bits per heavy atom. The standard InChI is InChI=1S/C23H22O/c1-23(21-15-9-4-10-16-21,17-19-11-5-2-6-12-19)18-22(24)20-13-7-3-8-14-20/h2-16H,17-18H2,1H3. The third-order valence-electron chi connectivity index (χ3n) is 4.55. The second kappa shape index (κ2) is 7.27. The minimum atomic E-state index is -0.227. The van der Waals surface area contributed by atoms with Crippen molar-refractivity contribution >= 4 is 5.78 Å². The molecule has 3 aromatic rings. The smallest absolute Gasteiger partial charge is 0.163 e. The van der Waals surface area contributed by atoms with Crippen LogP contribution in [0.3, 0.4) is 0 Å². The van der Waals surface area contributed by atoms with E-state index in [-0.39, 0.29) is 11.2 Å². The van der Waals surface area contributed by atoms with Crippen LogP contribution in [0, 0.1) is 0 Å². The summed E-state index contributed by atoms with van der Waals surface area (Å²) in [5, 5.41) is 0. The first kappa shape index (κ1) is 16.2. The Balaban J connectivity index is 1.92. The summed E-state index contributed by atoms with van der Waals surface area (Å²) in [5.74, 6) is 0.192. The van der Waals surface area contributed by atoms with E-state index in [1.165, 1.54) is 11.1 Å². The first-order chi connectivity index (χ1) is 11.7. The number of rotatable bonds is 6. The van der Waals surface area contributed by atoms with Crippen LogP contribution in [0.2, 0.25) is 0 Å². The van der Waals surface area contributed by atoms with Gasteiger partial charge in [0.05, 0.1) is 0 Å². The molecule has 0 aliphatic carbocycles. The highest BCUT2D eigenvalue weighted by Crippen LogP contribution is 2.33. The number of hydrogen-bond acceptors (Lipinski definition) is 1. The van der Waals surface area contributed by atoms with Crippen LogP contribution in [-0.2, 0) is 11.8 Å². The lowest BCUT2D eigenvalue weighted by Crippen LogP contribution is -2.28. The molecule has 0 saturated heterocycles. The molecule has 0 bridgehead atoms. The van der Waals surface area contributed by atoms with Crippen LogP contribution in [0.4, 0.5) is 0 Å². The molecule has 0 saturated carbocycles. The summed E-state index contributed by atoms with van der Waals surface area (Å²) in [6, 6.07) is 30.4. The van der Waals surface area contributed by atoms with Gasteiger partial charge in [-0.15, -0.1) is 0 Å². The number of Topliss-reactive ketones (excluding diaryl/α,β-unsaturated/α-hetero) is 1. The normalized spacial score (nSPS) is 13.2. The zero-order chi connectivity index (χ0) is 16.8. The van der Waals surface area contributed by atoms with E-state index in [1.807, 2.05) is 54.6 Å². The molecule has 1 nitrogen and oxygen atoms in total. The lowest BCUT2D eigenvalue weighted by molar-refractivity contribution is 0.0953. The summed E-state index contributed by atoms with van der Waals surface area (Å²) in [4.78, 5) is 12.8. The van der Waals surface area contributed by atoms with Crippen LogP contribution in [0.25, 0.3) is 0 Å². The highest BCUT2D eigenvalue weighted by atomic mass is 16.1. The molecular weight excluding hydrogens is 292 g/mol. The summed E-state index contributed by atoms with van der Waals surface area (Å²) in [5.41, 5.74) is 3.02. The van der Waals surface area contributed by atoms with Gasteiger partial charge in [-0.1, -0.05) is 97.9 Å². The van der Waals surface area contributed by atoms with E-state index >= 15 is 0 Å². The molecule has 0 aliphatic rings. The van der Waals surface area contributed by atoms with E-state index in [0.29, 0.717) is 6.42 Å². The molecular formula is C23H22O. The van der Waals surface area contributed by atoms with Crippen LogP contribution in [0.5, 0.6) is 0 Å². The molecule has 0 spiro atoms. The van der Waals surface area contributed by atoms with E-state index in [4.69, 9.17) is 0 Å². The Morgan fingerprint density at radius 1 is 0.750 bits per heavy atom. The summed E-state index contributed by atoms with van der Waals surface area (Å²) in [6.07, 6.45) is 1.34. The van der Waals surface area contributed by atoms with Crippen LogP contribution in [0.15, 0.2) is 91.0 Å². The molecule has 0 heterocycles. The number of carbonyl (C=O) groups excluding carboxylic acids is 1. The molecule has 0 amide bonds. The fourth-order valence-corrected chi connectivity index (χ4v) is 3.23. The molecule has 0 radical (unpaired) electrons. The van der Waals surface area contributed by atoms with Crippen LogP contribution in [-0.4, -0.2) is 5.78 Å². The van der Waals surface area contributed by atoms with Gasteiger partial charge in [0.25, 0.3) is 0 Å². The minimum Gasteiger partial charge on any atom is -0.294 e. The van der Waals surface area contributed by atoms with E-state index < -0.39 is 0 Å². The monoisotopic (exact) mass is 314 g/mol. The van der Waals surface area contributed by atoms with Gasteiger partial charge in [0.15, 0.2) is 5.78 Å². The maximum absolute atomic E-state index is 12.8. The average Bonchev–Trinajstić information content (AvgIpc) is 2.64. The first-order valence-corrected chi connectivity index (χ1v) is 8.35. The number of benzene rings is 3. The van der Waals surface area contributed by atoms with Crippen molar-refractivity contribution in [2.45, 2.75) is 25.2 Å². The molecule has 0 aromatic heterocycles. The Morgan fingerprint density at radius 2 is 1.25 bits per heavy atom. The SMILES string of the molecule is CC(CC(=O)c1ccccc1)(Cc1ccccc1)c1ccccc1. The van der Waals surface area contributed by atoms with E-state index in [1.54, 1.807) is 0 Å². The Labute approximate surface area is 144 Å². The highest BCUT2D eigenvalue weighted by molar-refractivity contribution is 5.96. The molecule has 24 heavy (non-hydrogen) atoms. The van der Waals surface area contributed by atoms with E-state index in [9.17, 15) is 4.79 Å². The maximum atomic E-state index is 12.8. The van der Waals surface area contributed by atoms with Gasteiger partial charge >= 0.3 is 0 Å². The first-order valence-electron chi connectivity index (χ1n) is 8.35. The third-order valence-corrected chi connectivity index (χ3v) is 4.55. The summed E-state index contributed by atoms with van der Waals surface area (Å²) >= 11 is 0. The number of hydrogen-bond donors (Lipinski definition) is 0. The van der Waals surface area contributed by atoms with Crippen molar-refractivity contribution in [3.63, 3.8) is 0 Å². The van der Waals surface area contributed by atoms with Crippen molar-refractivity contribution in [3.05, 3.63) is 108 Å². The molecule has 1 unspecified atom stereocenters. The number of carbonyl (C=O) groups is 1. The predicted molar refractivity (Wildman–Crippen MR) is 99.3 cm³/mol. The molecule has 0 fully saturated rings. The largest absolute Gasteiger partial charge is 0.294 e. The van der Waals surface area contributed by atoms with E-state index in [2.05, 4.69) is 43.3 Å². The van der Waals surface area contributed by atoms with Crippen LogP contribution < -0.4 is 0 Å². The van der Waals surface area contributed by atoms with Gasteiger partial charge in [-0.25, -0.2) is 0 Å². The fraction of sp³-hybridized carbons (Fsp3) is 0.174. The highest BCUT2D eigenvalue weighted by Gasteiger charge is 2.30. The zero-order valence-corrected chi connectivity index (χ0v) is 14.0. The zero-order valence-electron chi connectivity index (χ0n) is 14.0. The molecule has 0 aliphatic heterocycles. The fourth-order valence-electron chi connectivity index (χ4n) is 3.23. The average molecular weight is 314 g/mol. The molecule has 3 aromatic carbocycles. The lowest BCUT2D eigenvalue weighted by atomic mass is 9.73. The van der Waals surface area contributed by atoms with E-state index in [0.717, 1.165) is 12.0 Å². The second-order valence-electron chi connectivity index (χ2n) is 6.56. The predicted octanol–water partition coefficient (Wildman–Crippen LogP) is 5.46. The van der Waals surface area contributed by atoms with Gasteiger partial charge in [0.2, 0.25) is 0 Å². The van der Waals surface area contributed by atoms with Gasteiger partial charge in [0, 0.05) is 17.4 Å². The Hall–Kier alpha value is -2.67. The van der Waals surface area contributed by atoms with Crippen molar-refractivity contribution < 1.29 is 4.79 Å². The molecule has 1 atom stereocenters. The summed E-state index contributed by atoms with van der Waals surface area (Å²) < 4.78 is 0. The van der Waals surface area contributed by atoms with Gasteiger partial charge in [-0.05, 0) is 17.5 Å². The van der Waals surface area contributed by atoms with Gasteiger partial charge in [0.1, 0.15) is 0 Å². The second-order valence-corrected chi connectivity index (χ2v) is 6.56. The molecule has 0 N–H and O–H groups in total. The molecule has 1 heteroatoms. The van der Waals surface area contributed by atoms with Crippen LogP contribution in [0.1, 0.15) is 34.8 Å². The summed E-state index contributed by atoms with van der Waals surface area (Å²) in [7, 11) is 0. The Kier molecular flexibility index (Phi) is 4.90. The number of ketones is 1. The maximum Gasteiger partial charge on any atom is 0.163 e. The van der Waals surface area contributed by atoms with Crippen molar-refractivity contribution in [2.24, 2.45) is 0 Å². The third kappa shape index (κ3) is 3.80. The molecule has 120 valence electrons. The molecule has 3 rings (SSSR count). The van der Waals surface area contributed by atoms with Gasteiger partial charge < -0.3 is 0 Å². The van der Waals surface area contributed by atoms with Gasteiger partial charge in [-0.3, -0.25) is 4.79 Å². The Bertz CT molecular complexity index is 778. The van der Waals surface area contributed by atoms with Crippen LogP contribution >= 0.6 is 0 Å². The van der Waals surface area contributed by atoms with Crippen molar-refractivity contribution in [1.29, 1.82) is 0 Å². The summed E-state index contributed by atoms with van der Waals surface area (Å²) in [6.45, 7) is 2.19. The quantitative estimate of drug-likeness (QED) is 0.552. The lowest BCUT2D eigenvalue weighted by Gasteiger charge is -2.30. The van der Waals surface area contributed by atoms with Crippen molar-refractivity contribution in [3.8, 4) is 0 Å². The van der Waals surface area contributed by atoms with Gasteiger partial charge in [-0.2, -0.15) is 0 Å². The van der Waals surface area contributed by atoms with Crippen molar-refractivity contribution in [1.82, 2.24) is 0 Å². The topological polar surface area (TPSA) is 17.1 Å².